The van der Waals surface area contributed by atoms with Crippen LogP contribution in [0, 0.1) is 0 Å². The Kier molecular flexibility index (Phi) is 5.72. The fourth-order valence-electron chi connectivity index (χ4n) is 2.01. The first kappa shape index (κ1) is 18.1. The summed E-state index contributed by atoms with van der Waals surface area (Å²) in [5.74, 6) is -0.186. The highest BCUT2D eigenvalue weighted by Crippen LogP contribution is 2.30. The number of carbonyl (C=O) groups is 1. The number of benzene rings is 2. The van der Waals surface area contributed by atoms with Crippen LogP contribution in [0.5, 0.6) is 5.75 Å². The van der Waals surface area contributed by atoms with E-state index in [1.807, 2.05) is 0 Å². The third-order valence-corrected chi connectivity index (χ3v) is 3.55. The summed E-state index contributed by atoms with van der Waals surface area (Å²) in [6.07, 6.45) is -4.40. The summed E-state index contributed by atoms with van der Waals surface area (Å²) in [4.78, 5) is 11.9. The standard InChI is InChI=1S/C17H15ClF3NO2/c1-11(12-2-6-14(18)7-3-12)22-16(23)10-24-15-8-4-13(5-9-15)17(19,20)21/h2-9,11H,10H2,1H3,(H,22,23)/t11-/m1/s1. The van der Waals surface area contributed by atoms with Crippen molar-refractivity contribution in [2.24, 2.45) is 0 Å². The Hall–Kier alpha value is -2.21. The lowest BCUT2D eigenvalue weighted by atomic mass is 10.1. The number of halogens is 4. The van der Waals surface area contributed by atoms with Crippen molar-refractivity contribution < 1.29 is 22.7 Å². The van der Waals surface area contributed by atoms with E-state index in [0.717, 1.165) is 17.7 Å². The molecular formula is C17H15ClF3NO2. The molecule has 128 valence electrons. The molecule has 0 heterocycles. The smallest absolute Gasteiger partial charge is 0.416 e. The van der Waals surface area contributed by atoms with E-state index in [2.05, 4.69) is 5.32 Å². The molecule has 2 aromatic rings. The summed E-state index contributed by atoms with van der Waals surface area (Å²) in [6.45, 7) is 1.52. The molecule has 3 nitrogen and oxygen atoms in total. The van der Waals surface area contributed by atoms with Crippen LogP contribution in [0.25, 0.3) is 0 Å². The van der Waals surface area contributed by atoms with E-state index in [0.29, 0.717) is 5.02 Å². The largest absolute Gasteiger partial charge is 0.484 e. The summed E-state index contributed by atoms with van der Waals surface area (Å²) in [5, 5.41) is 3.33. The minimum absolute atomic E-state index is 0.192. The summed E-state index contributed by atoms with van der Waals surface area (Å²) in [6, 6.07) is 11.0. The van der Waals surface area contributed by atoms with Crippen molar-refractivity contribution in [2.75, 3.05) is 6.61 Å². The van der Waals surface area contributed by atoms with Gasteiger partial charge in [-0.25, -0.2) is 0 Å². The maximum atomic E-state index is 12.5. The van der Waals surface area contributed by atoms with Crippen molar-refractivity contribution >= 4 is 17.5 Å². The molecule has 0 saturated carbocycles. The lowest BCUT2D eigenvalue weighted by Crippen LogP contribution is -2.31. The lowest BCUT2D eigenvalue weighted by Gasteiger charge is -2.15. The van der Waals surface area contributed by atoms with Crippen LogP contribution in [-0.2, 0) is 11.0 Å². The highest BCUT2D eigenvalue weighted by atomic mass is 35.5. The maximum absolute atomic E-state index is 12.5. The summed E-state index contributed by atoms with van der Waals surface area (Å²) < 4.78 is 42.5. The van der Waals surface area contributed by atoms with Gasteiger partial charge in [0.1, 0.15) is 5.75 Å². The topological polar surface area (TPSA) is 38.3 Å². The molecule has 0 spiro atoms. The second kappa shape index (κ2) is 7.57. The van der Waals surface area contributed by atoms with Crippen molar-refractivity contribution in [3.05, 3.63) is 64.7 Å². The number of alkyl halides is 3. The third kappa shape index (κ3) is 5.16. The van der Waals surface area contributed by atoms with Gasteiger partial charge >= 0.3 is 6.18 Å². The number of hydrogen-bond acceptors (Lipinski definition) is 2. The Bertz CT molecular complexity index is 684. The van der Waals surface area contributed by atoms with Crippen LogP contribution in [0.2, 0.25) is 5.02 Å². The minimum atomic E-state index is -4.40. The molecule has 24 heavy (non-hydrogen) atoms. The van der Waals surface area contributed by atoms with Crippen LogP contribution in [-0.4, -0.2) is 12.5 Å². The molecule has 0 aromatic heterocycles. The number of carbonyl (C=O) groups excluding carboxylic acids is 1. The van der Waals surface area contributed by atoms with Crippen LogP contribution >= 0.6 is 11.6 Å². The van der Waals surface area contributed by atoms with Gasteiger partial charge in [0.05, 0.1) is 11.6 Å². The number of ether oxygens (including phenoxy) is 1. The molecule has 7 heteroatoms. The molecule has 0 bridgehead atoms. The van der Waals surface area contributed by atoms with Crippen molar-refractivity contribution in [2.45, 2.75) is 19.1 Å². The van der Waals surface area contributed by atoms with E-state index in [1.165, 1.54) is 12.1 Å². The molecule has 0 aliphatic heterocycles. The van der Waals surface area contributed by atoms with Gasteiger partial charge in [-0.15, -0.1) is 0 Å². The first-order valence-electron chi connectivity index (χ1n) is 7.10. The second-order valence-electron chi connectivity index (χ2n) is 5.15. The second-order valence-corrected chi connectivity index (χ2v) is 5.59. The monoisotopic (exact) mass is 357 g/mol. The van der Waals surface area contributed by atoms with Crippen molar-refractivity contribution in [1.29, 1.82) is 0 Å². The Balaban J connectivity index is 1.85. The Morgan fingerprint density at radius 2 is 1.71 bits per heavy atom. The summed E-state index contributed by atoms with van der Waals surface area (Å²) >= 11 is 5.80. The van der Waals surface area contributed by atoms with Gasteiger partial charge in [0.2, 0.25) is 0 Å². The lowest BCUT2D eigenvalue weighted by molar-refractivity contribution is -0.137. The number of rotatable bonds is 5. The van der Waals surface area contributed by atoms with E-state index in [9.17, 15) is 18.0 Å². The predicted octanol–water partition coefficient (Wildman–Crippen LogP) is 4.62. The normalized spacial score (nSPS) is 12.5. The van der Waals surface area contributed by atoms with Gasteiger partial charge in [0, 0.05) is 5.02 Å². The van der Waals surface area contributed by atoms with Gasteiger partial charge in [-0.3, -0.25) is 4.79 Å². The minimum Gasteiger partial charge on any atom is -0.484 e. The zero-order valence-corrected chi connectivity index (χ0v) is 13.5. The van der Waals surface area contributed by atoms with Crippen LogP contribution in [0.1, 0.15) is 24.1 Å². The summed E-state index contributed by atoms with van der Waals surface area (Å²) in [7, 11) is 0. The molecular weight excluding hydrogens is 343 g/mol. The van der Waals surface area contributed by atoms with Crippen molar-refractivity contribution in [3.8, 4) is 5.75 Å². The molecule has 2 rings (SSSR count). The zero-order chi connectivity index (χ0) is 17.7. The van der Waals surface area contributed by atoms with E-state index in [4.69, 9.17) is 16.3 Å². The number of nitrogens with one attached hydrogen (secondary N) is 1. The first-order chi connectivity index (χ1) is 11.3. The number of amides is 1. The summed E-state index contributed by atoms with van der Waals surface area (Å²) in [5.41, 5.74) is 0.109. The zero-order valence-electron chi connectivity index (χ0n) is 12.7. The molecule has 2 aromatic carbocycles. The van der Waals surface area contributed by atoms with E-state index >= 15 is 0 Å². The third-order valence-electron chi connectivity index (χ3n) is 3.30. The van der Waals surface area contributed by atoms with Gasteiger partial charge in [0.15, 0.2) is 6.61 Å². The Morgan fingerprint density at radius 3 is 2.25 bits per heavy atom. The van der Waals surface area contributed by atoms with E-state index in [1.54, 1.807) is 31.2 Å². The maximum Gasteiger partial charge on any atom is 0.416 e. The molecule has 0 radical (unpaired) electrons. The molecule has 0 aliphatic rings. The fourth-order valence-corrected chi connectivity index (χ4v) is 2.13. The van der Waals surface area contributed by atoms with Gasteiger partial charge in [-0.05, 0) is 48.9 Å². The molecule has 1 N–H and O–H groups in total. The predicted molar refractivity (Wildman–Crippen MR) is 84.9 cm³/mol. The van der Waals surface area contributed by atoms with Gasteiger partial charge < -0.3 is 10.1 Å². The van der Waals surface area contributed by atoms with Gasteiger partial charge in [0.25, 0.3) is 5.91 Å². The fraction of sp³-hybridized carbons (Fsp3) is 0.235. The highest BCUT2D eigenvalue weighted by Gasteiger charge is 2.30. The van der Waals surface area contributed by atoms with Crippen molar-refractivity contribution in [1.82, 2.24) is 5.32 Å². The molecule has 1 atom stereocenters. The van der Waals surface area contributed by atoms with Crippen LogP contribution in [0.4, 0.5) is 13.2 Å². The average Bonchev–Trinajstić information content (AvgIpc) is 2.53. The Morgan fingerprint density at radius 1 is 1.12 bits per heavy atom. The van der Waals surface area contributed by atoms with E-state index in [-0.39, 0.29) is 24.3 Å². The van der Waals surface area contributed by atoms with E-state index < -0.39 is 11.7 Å². The van der Waals surface area contributed by atoms with Gasteiger partial charge in [-0.2, -0.15) is 13.2 Å². The van der Waals surface area contributed by atoms with Gasteiger partial charge in [-0.1, -0.05) is 23.7 Å². The van der Waals surface area contributed by atoms with Crippen LogP contribution in [0.15, 0.2) is 48.5 Å². The SMILES string of the molecule is C[C@@H](NC(=O)COc1ccc(C(F)(F)F)cc1)c1ccc(Cl)cc1. The molecule has 0 unspecified atom stereocenters. The molecule has 1 amide bonds. The van der Waals surface area contributed by atoms with Crippen LogP contribution in [0.3, 0.4) is 0 Å². The molecule has 0 aliphatic carbocycles. The average molecular weight is 358 g/mol. The Labute approximate surface area is 142 Å². The number of hydrogen-bond donors (Lipinski definition) is 1. The van der Waals surface area contributed by atoms with Crippen LogP contribution < -0.4 is 10.1 Å². The first-order valence-corrected chi connectivity index (χ1v) is 7.48. The highest BCUT2D eigenvalue weighted by molar-refractivity contribution is 6.30. The quantitative estimate of drug-likeness (QED) is 0.848. The van der Waals surface area contributed by atoms with Crippen molar-refractivity contribution in [3.63, 3.8) is 0 Å². The molecule has 0 saturated heterocycles. The molecule has 0 fully saturated rings.